The molecule has 1 aromatic carbocycles. The summed E-state index contributed by atoms with van der Waals surface area (Å²) in [4.78, 5) is 25.4. The molecule has 1 atom stereocenters. The maximum absolute atomic E-state index is 12.9. The number of alkyl halides is 6. The Morgan fingerprint density at radius 3 is 2.00 bits per heavy atom. The first kappa shape index (κ1) is 24.0. The number of esters is 1. The van der Waals surface area contributed by atoms with Crippen LogP contribution in [0.3, 0.4) is 0 Å². The van der Waals surface area contributed by atoms with Crippen molar-refractivity contribution in [3.8, 4) is 0 Å². The summed E-state index contributed by atoms with van der Waals surface area (Å²) in [5.74, 6) is -2.75. The normalized spacial score (nSPS) is 18.8. The Morgan fingerprint density at radius 1 is 1.07 bits per heavy atom. The van der Waals surface area contributed by atoms with Crippen LogP contribution in [0.1, 0.15) is 34.8 Å². The lowest BCUT2D eigenvalue weighted by atomic mass is 10.0. The maximum Gasteiger partial charge on any atom is 0.416 e. The second-order valence-corrected chi connectivity index (χ2v) is 8.84. The van der Waals surface area contributed by atoms with Gasteiger partial charge in [-0.25, -0.2) is 13.2 Å². The minimum Gasteiger partial charge on any atom is -0.452 e. The quantitative estimate of drug-likeness (QED) is 0.498. The third-order valence-corrected chi connectivity index (χ3v) is 6.21. The van der Waals surface area contributed by atoms with E-state index in [1.54, 1.807) is 6.92 Å². The Balaban J connectivity index is 2.16. The van der Waals surface area contributed by atoms with E-state index in [0.29, 0.717) is 0 Å². The molecule has 30 heavy (non-hydrogen) atoms. The second kappa shape index (κ2) is 8.44. The molecule has 0 spiro atoms. The Hall–Kier alpha value is -2.31. The second-order valence-electron chi connectivity index (χ2n) is 6.61. The summed E-state index contributed by atoms with van der Waals surface area (Å²) in [5, 5.41) is 0. The van der Waals surface area contributed by atoms with Gasteiger partial charge >= 0.3 is 18.3 Å². The van der Waals surface area contributed by atoms with Crippen LogP contribution < -0.4 is 0 Å². The smallest absolute Gasteiger partial charge is 0.416 e. The Morgan fingerprint density at radius 2 is 1.60 bits per heavy atom. The molecule has 2 rings (SSSR count). The van der Waals surface area contributed by atoms with Crippen molar-refractivity contribution in [1.82, 2.24) is 4.90 Å². The number of halogens is 6. The van der Waals surface area contributed by atoms with E-state index in [2.05, 4.69) is 4.74 Å². The molecule has 1 amide bonds. The van der Waals surface area contributed by atoms with Gasteiger partial charge in [-0.05, 0) is 31.5 Å². The van der Waals surface area contributed by atoms with Gasteiger partial charge in [0, 0.05) is 12.6 Å². The lowest BCUT2D eigenvalue weighted by Gasteiger charge is -2.26. The van der Waals surface area contributed by atoms with Crippen molar-refractivity contribution in [2.45, 2.75) is 31.7 Å². The van der Waals surface area contributed by atoms with Gasteiger partial charge in [-0.3, -0.25) is 4.79 Å². The highest BCUT2D eigenvalue weighted by Crippen LogP contribution is 2.36. The number of rotatable bonds is 5. The number of sulfone groups is 1. The molecule has 0 saturated carbocycles. The summed E-state index contributed by atoms with van der Waals surface area (Å²) in [6.07, 6.45) is -10.1. The number of nitrogens with zero attached hydrogens (tertiary/aromatic N) is 1. The van der Waals surface area contributed by atoms with Gasteiger partial charge in [0.15, 0.2) is 16.4 Å². The molecule has 168 valence electrons. The van der Waals surface area contributed by atoms with Crippen LogP contribution in [0.5, 0.6) is 0 Å². The number of amides is 1. The highest BCUT2D eigenvalue weighted by Gasteiger charge is 2.38. The van der Waals surface area contributed by atoms with Gasteiger partial charge in [-0.1, -0.05) is 0 Å². The first-order chi connectivity index (χ1) is 13.6. The number of likely N-dealkylation sites (N-methyl/N-ethyl adjacent to an activating group) is 1. The van der Waals surface area contributed by atoms with Gasteiger partial charge in [0.05, 0.1) is 28.2 Å². The zero-order valence-corrected chi connectivity index (χ0v) is 16.3. The molecule has 1 unspecified atom stereocenters. The van der Waals surface area contributed by atoms with Gasteiger partial charge in [-0.2, -0.15) is 26.3 Å². The van der Waals surface area contributed by atoms with Gasteiger partial charge in [0.2, 0.25) is 0 Å². The van der Waals surface area contributed by atoms with E-state index in [4.69, 9.17) is 0 Å². The summed E-state index contributed by atoms with van der Waals surface area (Å²) in [6, 6.07) is -0.384. The predicted octanol–water partition coefficient (Wildman–Crippen LogP) is 2.92. The lowest BCUT2D eigenvalue weighted by Crippen LogP contribution is -2.43. The van der Waals surface area contributed by atoms with Crippen LogP contribution in [-0.2, 0) is 31.7 Å². The van der Waals surface area contributed by atoms with Crippen LogP contribution in [0.15, 0.2) is 18.2 Å². The van der Waals surface area contributed by atoms with Crippen LogP contribution in [0.2, 0.25) is 0 Å². The van der Waals surface area contributed by atoms with Crippen LogP contribution >= 0.6 is 0 Å². The minimum absolute atomic E-state index is 0.0817. The van der Waals surface area contributed by atoms with E-state index >= 15 is 0 Å². The van der Waals surface area contributed by atoms with Crippen LogP contribution in [0.25, 0.3) is 0 Å². The molecule has 0 aromatic heterocycles. The van der Waals surface area contributed by atoms with Crippen molar-refractivity contribution in [2.75, 3.05) is 24.7 Å². The molecule has 1 saturated heterocycles. The predicted molar refractivity (Wildman–Crippen MR) is 91.2 cm³/mol. The minimum atomic E-state index is -5.14. The fourth-order valence-corrected chi connectivity index (χ4v) is 4.76. The molecular weight excluding hydrogens is 444 g/mol. The van der Waals surface area contributed by atoms with E-state index in [-0.39, 0.29) is 42.7 Å². The molecule has 1 fully saturated rings. The molecule has 0 bridgehead atoms. The molecule has 1 aliphatic heterocycles. The number of benzene rings is 1. The molecule has 13 heteroatoms. The number of hydrogen-bond donors (Lipinski definition) is 0. The molecule has 0 aliphatic carbocycles. The van der Waals surface area contributed by atoms with Crippen molar-refractivity contribution in [2.24, 2.45) is 0 Å². The van der Waals surface area contributed by atoms with E-state index in [1.807, 2.05) is 0 Å². The fraction of sp³-hybridized carbons (Fsp3) is 0.529. The van der Waals surface area contributed by atoms with Crippen molar-refractivity contribution in [3.63, 3.8) is 0 Å². The van der Waals surface area contributed by atoms with E-state index in [1.165, 1.54) is 0 Å². The van der Waals surface area contributed by atoms with Crippen LogP contribution in [-0.4, -0.2) is 55.9 Å². The molecule has 0 N–H and O–H groups in total. The van der Waals surface area contributed by atoms with Crippen LogP contribution in [0.4, 0.5) is 26.3 Å². The zero-order valence-electron chi connectivity index (χ0n) is 15.5. The van der Waals surface area contributed by atoms with Crippen LogP contribution in [0, 0.1) is 0 Å². The molecule has 1 aromatic rings. The molecule has 0 radical (unpaired) electrons. The number of ether oxygens (including phenoxy) is 1. The monoisotopic (exact) mass is 461 g/mol. The Labute approximate surface area is 167 Å². The molecular formula is C17H17F6NO5S. The van der Waals surface area contributed by atoms with Crippen molar-refractivity contribution in [1.29, 1.82) is 0 Å². The van der Waals surface area contributed by atoms with Crippen molar-refractivity contribution >= 4 is 21.7 Å². The third kappa shape index (κ3) is 5.86. The summed E-state index contributed by atoms with van der Waals surface area (Å²) < 4.78 is 105. The standard InChI is InChI=1S/C17H17F6NO5S/c1-2-24(13-3-4-30(27,28)9-13)14(25)8-29-15(26)10-5-11(16(18,19)20)7-12(6-10)17(21,22)23/h5-7,13H,2-4,8-9H2,1H3. The molecule has 6 nitrogen and oxygen atoms in total. The maximum atomic E-state index is 12.9. The summed E-state index contributed by atoms with van der Waals surface area (Å²) in [5.41, 5.74) is -4.40. The van der Waals surface area contributed by atoms with E-state index in [9.17, 15) is 44.3 Å². The summed E-state index contributed by atoms with van der Waals surface area (Å²) in [6.45, 7) is 0.673. The van der Waals surface area contributed by atoms with Gasteiger partial charge < -0.3 is 9.64 Å². The summed E-state index contributed by atoms with van der Waals surface area (Å²) >= 11 is 0. The zero-order chi connectivity index (χ0) is 22.9. The van der Waals surface area contributed by atoms with Gasteiger partial charge in [0.1, 0.15) is 0 Å². The van der Waals surface area contributed by atoms with E-state index in [0.717, 1.165) is 4.90 Å². The SMILES string of the molecule is CCN(C(=O)COC(=O)c1cc(C(F)(F)F)cc(C(F)(F)F)c1)C1CCS(=O)(=O)C1. The fourth-order valence-electron chi connectivity index (χ4n) is 3.03. The van der Waals surface area contributed by atoms with E-state index < -0.39 is 63.4 Å². The highest BCUT2D eigenvalue weighted by molar-refractivity contribution is 7.91. The highest BCUT2D eigenvalue weighted by atomic mass is 32.2. The number of carbonyl (C=O) groups excluding carboxylic acids is 2. The largest absolute Gasteiger partial charge is 0.452 e. The topological polar surface area (TPSA) is 80.8 Å². The Bertz CT molecular complexity index is 893. The average molecular weight is 461 g/mol. The van der Waals surface area contributed by atoms with Gasteiger partial charge in [0.25, 0.3) is 5.91 Å². The van der Waals surface area contributed by atoms with Crippen molar-refractivity contribution in [3.05, 3.63) is 34.9 Å². The number of carbonyl (C=O) groups is 2. The lowest BCUT2D eigenvalue weighted by molar-refractivity contribution is -0.143. The number of hydrogen-bond acceptors (Lipinski definition) is 5. The van der Waals surface area contributed by atoms with Gasteiger partial charge in [-0.15, -0.1) is 0 Å². The molecule has 1 heterocycles. The van der Waals surface area contributed by atoms with Crippen molar-refractivity contribution < 1.29 is 49.1 Å². The average Bonchev–Trinajstić information content (AvgIpc) is 2.98. The first-order valence-corrected chi connectivity index (χ1v) is 10.4. The summed E-state index contributed by atoms with van der Waals surface area (Å²) in [7, 11) is -3.31. The molecule has 1 aliphatic rings. The first-order valence-electron chi connectivity index (χ1n) is 8.60. The Kier molecular flexibility index (Phi) is 6.74. The third-order valence-electron chi connectivity index (χ3n) is 4.46.